The molecule has 0 aromatic carbocycles. The molecule has 0 aliphatic rings. The van der Waals surface area contributed by atoms with Gasteiger partial charge in [0, 0.05) is 31.3 Å². The second-order valence-electron chi connectivity index (χ2n) is 4.15. The van der Waals surface area contributed by atoms with Crippen molar-refractivity contribution in [3.63, 3.8) is 0 Å². The molecule has 0 amide bonds. The van der Waals surface area contributed by atoms with Crippen molar-refractivity contribution in [3.8, 4) is 0 Å². The third-order valence-corrected chi connectivity index (χ3v) is 3.41. The van der Waals surface area contributed by atoms with Crippen molar-refractivity contribution >= 4 is 28.3 Å². The molecule has 1 N–H and O–H groups in total. The molecular formula is C12H25NS2Zn. The van der Waals surface area contributed by atoms with Crippen LogP contribution in [0.4, 0.5) is 0 Å². The van der Waals surface area contributed by atoms with E-state index in [1.807, 2.05) is 0 Å². The largest absolute Gasteiger partial charge is 0.371 e. The molecule has 1 nitrogen and oxygen atoms in total. The molecule has 0 fully saturated rings. The zero-order valence-electron chi connectivity index (χ0n) is 11.1. The summed E-state index contributed by atoms with van der Waals surface area (Å²) < 4.78 is 0.957. The Balaban J connectivity index is 0. The average molecular weight is 313 g/mol. The summed E-state index contributed by atoms with van der Waals surface area (Å²) in [7, 11) is 0. The van der Waals surface area contributed by atoms with Crippen molar-refractivity contribution in [1.82, 2.24) is 5.32 Å². The number of rotatable bonds is 8. The van der Waals surface area contributed by atoms with Crippen LogP contribution in [0.5, 0.6) is 0 Å². The van der Waals surface area contributed by atoms with Gasteiger partial charge in [-0.1, -0.05) is 76.9 Å². The summed E-state index contributed by atoms with van der Waals surface area (Å²) in [4.78, 5) is 0. The minimum atomic E-state index is 0. The molecule has 0 aromatic heterocycles. The first-order valence-electron chi connectivity index (χ1n) is 6.11. The van der Waals surface area contributed by atoms with Crippen LogP contribution in [0, 0.1) is 0 Å². The van der Waals surface area contributed by atoms with Gasteiger partial charge >= 0.3 is 0 Å². The first kappa shape index (κ1) is 19.2. The van der Waals surface area contributed by atoms with E-state index in [9.17, 15) is 0 Å². The summed E-state index contributed by atoms with van der Waals surface area (Å²) in [5.41, 5.74) is 0. The Hall–Kier alpha value is 0.863. The van der Waals surface area contributed by atoms with Crippen LogP contribution in [0.3, 0.4) is 0 Å². The van der Waals surface area contributed by atoms with E-state index in [1.54, 1.807) is 11.8 Å². The summed E-state index contributed by atoms with van der Waals surface area (Å²) >= 11 is 6.95. The van der Waals surface area contributed by atoms with E-state index in [-0.39, 0.29) is 19.5 Å². The first-order chi connectivity index (χ1) is 7.16. The standard InChI is InChI=1S/C12H25NS2.Zn/c1-4-5-6-7-8-9-10-13-12(14)15-11(2)3;/h11H,4-10H2,1-3H3,(H,13,14);. The Bertz CT molecular complexity index is 163. The molecule has 16 heavy (non-hydrogen) atoms. The number of unbranched alkanes of at least 4 members (excludes halogenated alkanes) is 5. The van der Waals surface area contributed by atoms with E-state index < -0.39 is 0 Å². The van der Waals surface area contributed by atoms with Crippen molar-refractivity contribution in [2.24, 2.45) is 0 Å². The summed E-state index contributed by atoms with van der Waals surface area (Å²) in [5.74, 6) is 0. The zero-order valence-corrected chi connectivity index (χ0v) is 15.7. The Labute approximate surface area is 124 Å². The van der Waals surface area contributed by atoms with Crippen LogP contribution in [0.25, 0.3) is 0 Å². The molecule has 0 spiro atoms. The minimum absolute atomic E-state index is 0. The average Bonchev–Trinajstić information content (AvgIpc) is 2.15. The Morgan fingerprint density at radius 3 is 2.25 bits per heavy atom. The number of thioether (sulfide) groups is 1. The molecule has 0 saturated heterocycles. The van der Waals surface area contributed by atoms with Gasteiger partial charge in [0.1, 0.15) is 4.32 Å². The van der Waals surface area contributed by atoms with Gasteiger partial charge in [-0.15, -0.1) is 0 Å². The predicted molar refractivity (Wildman–Crippen MR) is 76.7 cm³/mol. The number of thiocarbonyl (C=S) groups is 1. The summed E-state index contributed by atoms with van der Waals surface area (Å²) in [6.07, 6.45) is 8.06. The summed E-state index contributed by atoms with van der Waals surface area (Å²) in [5, 5.41) is 3.89. The third-order valence-electron chi connectivity index (χ3n) is 2.14. The van der Waals surface area contributed by atoms with Crippen molar-refractivity contribution in [2.75, 3.05) is 6.54 Å². The van der Waals surface area contributed by atoms with Gasteiger partial charge in [0.2, 0.25) is 0 Å². The van der Waals surface area contributed by atoms with Gasteiger partial charge in [0.15, 0.2) is 0 Å². The van der Waals surface area contributed by atoms with Crippen LogP contribution < -0.4 is 5.32 Å². The van der Waals surface area contributed by atoms with Gasteiger partial charge < -0.3 is 5.32 Å². The Morgan fingerprint density at radius 2 is 1.69 bits per heavy atom. The maximum absolute atomic E-state index is 5.20. The fourth-order valence-corrected chi connectivity index (χ4v) is 2.64. The van der Waals surface area contributed by atoms with Crippen LogP contribution >= 0.6 is 24.0 Å². The zero-order chi connectivity index (χ0) is 11.5. The Morgan fingerprint density at radius 1 is 1.12 bits per heavy atom. The van der Waals surface area contributed by atoms with Crippen molar-refractivity contribution in [1.29, 1.82) is 0 Å². The fraction of sp³-hybridized carbons (Fsp3) is 0.917. The third kappa shape index (κ3) is 14.9. The van der Waals surface area contributed by atoms with Crippen LogP contribution in [-0.4, -0.2) is 16.1 Å². The normalized spacial score (nSPS) is 10.0. The molecule has 0 rings (SSSR count). The van der Waals surface area contributed by atoms with Crippen molar-refractivity contribution in [3.05, 3.63) is 0 Å². The van der Waals surface area contributed by atoms with Gasteiger partial charge in [0.05, 0.1) is 0 Å². The van der Waals surface area contributed by atoms with Gasteiger partial charge in [-0.2, -0.15) is 0 Å². The van der Waals surface area contributed by atoms with E-state index in [4.69, 9.17) is 12.2 Å². The molecule has 0 atom stereocenters. The molecule has 0 aliphatic heterocycles. The maximum Gasteiger partial charge on any atom is 0.134 e. The van der Waals surface area contributed by atoms with E-state index in [0.29, 0.717) is 5.25 Å². The van der Waals surface area contributed by atoms with E-state index in [2.05, 4.69) is 26.1 Å². The van der Waals surface area contributed by atoms with Crippen LogP contribution in [0.2, 0.25) is 0 Å². The fourth-order valence-electron chi connectivity index (χ4n) is 1.35. The Kier molecular flexibility index (Phi) is 16.7. The van der Waals surface area contributed by atoms with Gasteiger partial charge in [-0.25, -0.2) is 0 Å². The van der Waals surface area contributed by atoms with Crippen LogP contribution in [0.15, 0.2) is 0 Å². The molecule has 0 heterocycles. The first-order valence-corrected chi connectivity index (χ1v) is 7.40. The molecule has 4 heteroatoms. The van der Waals surface area contributed by atoms with Gasteiger partial charge in [-0.3, -0.25) is 0 Å². The van der Waals surface area contributed by atoms with E-state index >= 15 is 0 Å². The van der Waals surface area contributed by atoms with E-state index in [1.165, 1.54) is 38.5 Å². The maximum atomic E-state index is 5.20. The summed E-state index contributed by atoms with van der Waals surface area (Å²) in [6.45, 7) is 7.64. The molecule has 0 saturated carbocycles. The van der Waals surface area contributed by atoms with Crippen LogP contribution in [-0.2, 0) is 19.5 Å². The minimum Gasteiger partial charge on any atom is -0.371 e. The molecule has 92 valence electrons. The van der Waals surface area contributed by atoms with E-state index in [0.717, 1.165) is 10.9 Å². The van der Waals surface area contributed by atoms with Crippen molar-refractivity contribution in [2.45, 2.75) is 64.5 Å². The molecule has 0 bridgehead atoms. The van der Waals surface area contributed by atoms with Crippen LogP contribution in [0.1, 0.15) is 59.3 Å². The molecule has 0 aromatic rings. The van der Waals surface area contributed by atoms with Gasteiger partial charge in [-0.05, 0) is 6.42 Å². The second-order valence-corrected chi connectivity index (χ2v) is 6.40. The molecule has 0 aliphatic carbocycles. The SMILES string of the molecule is CCCCCCCCNC(=S)SC(C)C.[Zn]. The second kappa shape index (κ2) is 13.9. The molecular weight excluding hydrogens is 288 g/mol. The number of nitrogens with one attached hydrogen (secondary N) is 1. The number of hydrogen-bond donors (Lipinski definition) is 1. The smallest absolute Gasteiger partial charge is 0.134 e. The van der Waals surface area contributed by atoms with Crippen molar-refractivity contribution < 1.29 is 19.5 Å². The monoisotopic (exact) mass is 311 g/mol. The quantitative estimate of drug-likeness (QED) is 0.406. The van der Waals surface area contributed by atoms with Gasteiger partial charge in [0.25, 0.3) is 0 Å². The summed E-state index contributed by atoms with van der Waals surface area (Å²) in [6, 6.07) is 0. The number of hydrogen-bond acceptors (Lipinski definition) is 2. The predicted octanol–water partition coefficient (Wildman–Crippen LogP) is 4.36. The topological polar surface area (TPSA) is 12.0 Å². The molecule has 0 radical (unpaired) electrons. The molecule has 0 unspecified atom stereocenters.